The molecule has 0 fully saturated rings. The predicted molar refractivity (Wildman–Crippen MR) is 106 cm³/mol. The highest BCUT2D eigenvalue weighted by Gasteiger charge is 2.13. The molecule has 0 radical (unpaired) electrons. The number of para-hydroxylation sites is 1. The van der Waals surface area contributed by atoms with Crippen LogP contribution in [-0.4, -0.2) is 26.1 Å². The lowest BCUT2D eigenvalue weighted by molar-refractivity contribution is -0.122. The molecule has 2 aromatic carbocycles. The van der Waals surface area contributed by atoms with E-state index in [0.29, 0.717) is 11.7 Å². The second-order valence-electron chi connectivity index (χ2n) is 6.95. The van der Waals surface area contributed by atoms with Gasteiger partial charge >= 0.3 is 0 Å². The monoisotopic (exact) mass is 379 g/mol. The Hall–Kier alpha value is -3.22. The minimum Gasteiger partial charge on any atom is -0.485 e. The molecular formula is C21H25N5O2. The summed E-state index contributed by atoms with van der Waals surface area (Å²) in [7, 11) is 0. The molecule has 0 bridgehead atoms. The number of rotatable bonds is 8. The molecule has 3 rings (SSSR count). The number of carbonyl (C=O) groups excluding carboxylic acids is 1. The van der Waals surface area contributed by atoms with E-state index in [-0.39, 0.29) is 25.1 Å². The zero-order valence-electron chi connectivity index (χ0n) is 16.4. The van der Waals surface area contributed by atoms with Crippen LogP contribution in [-0.2, 0) is 17.9 Å². The van der Waals surface area contributed by atoms with Gasteiger partial charge in [0.25, 0.3) is 0 Å². The molecule has 0 aliphatic rings. The molecule has 7 nitrogen and oxygen atoms in total. The number of hydrogen-bond donors (Lipinski definition) is 1. The summed E-state index contributed by atoms with van der Waals surface area (Å²) >= 11 is 0. The van der Waals surface area contributed by atoms with E-state index in [2.05, 4.69) is 46.7 Å². The van der Waals surface area contributed by atoms with Crippen molar-refractivity contribution < 1.29 is 9.53 Å². The molecular weight excluding hydrogens is 354 g/mol. The molecule has 3 aromatic rings. The van der Waals surface area contributed by atoms with Gasteiger partial charge in [-0.15, -0.1) is 10.2 Å². The average Bonchev–Trinajstić information content (AvgIpc) is 3.14. The number of nitrogens with one attached hydrogen (secondary N) is 1. The van der Waals surface area contributed by atoms with Crippen LogP contribution in [0.1, 0.15) is 49.7 Å². The van der Waals surface area contributed by atoms with Gasteiger partial charge in [-0.05, 0) is 41.3 Å². The highest BCUT2D eigenvalue weighted by atomic mass is 16.5. The van der Waals surface area contributed by atoms with E-state index in [0.717, 1.165) is 11.3 Å². The molecule has 1 heterocycles. The first-order chi connectivity index (χ1) is 13.5. The molecule has 0 saturated carbocycles. The van der Waals surface area contributed by atoms with Crippen molar-refractivity contribution in [1.29, 1.82) is 0 Å². The topological polar surface area (TPSA) is 81.9 Å². The number of hydrogen-bond acceptors (Lipinski definition) is 5. The highest BCUT2D eigenvalue weighted by molar-refractivity contribution is 5.76. The molecule has 0 unspecified atom stereocenters. The van der Waals surface area contributed by atoms with Crippen LogP contribution in [0.4, 0.5) is 0 Å². The van der Waals surface area contributed by atoms with Gasteiger partial charge in [0.15, 0.2) is 6.61 Å². The lowest BCUT2D eigenvalue weighted by atomic mass is 9.99. The Balaban J connectivity index is 1.50. The third-order valence-corrected chi connectivity index (χ3v) is 4.37. The van der Waals surface area contributed by atoms with Crippen LogP contribution in [0, 0.1) is 0 Å². The number of aromatic nitrogens is 4. The first kappa shape index (κ1) is 19.5. The van der Waals surface area contributed by atoms with Crippen molar-refractivity contribution in [2.45, 2.75) is 45.9 Å². The van der Waals surface area contributed by atoms with Crippen LogP contribution >= 0.6 is 0 Å². The van der Waals surface area contributed by atoms with Gasteiger partial charge in [-0.2, -0.15) is 4.80 Å². The van der Waals surface area contributed by atoms with Crippen molar-refractivity contribution in [3.8, 4) is 5.75 Å². The van der Waals surface area contributed by atoms with E-state index < -0.39 is 0 Å². The van der Waals surface area contributed by atoms with Gasteiger partial charge in [-0.25, -0.2) is 0 Å². The largest absolute Gasteiger partial charge is 0.485 e. The summed E-state index contributed by atoms with van der Waals surface area (Å²) in [6, 6.07) is 17.6. The van der Waals surface area contributed by atoms with E-state index in [1.54, 1.807) is 0 Å². The number of ether oxygens (including phenoxy) is 1. The number of benzene rings is 2. The highest BCUT2D eigenvalue weighted by Crippen LogP contribution is 2.18. The molecule has 1 atom stereocenters. The maximum Gasteiger partial charge on any atom is 0.244 e. The Kier molecular flexibility index (Phi) is 6.37. The van der Waals surface area contributed by atoms with Gasteiger partial charge in [0.05, 0.1) is 6.04 Å². The second-order valence-corrected chi connectivity index (χ2v) is 6.95. The van der Waals surface area contributed by atoms with E-state index in [1.807, 2.05) is 49.4 Å². The lowest BCUT2D eigenvalue weighted by Gasteiger charge is -2.15. The van der Waals surface area contributed by atoms with Gasteiger partial charge in [0.2, 0.25) is 11.7 Å². The number of amides is 1. The summed E-state index contributed by atoms with van der Waals surface area (Å²) in [4.78, 5) is 13.6. The molecule has 7 heteroatoms. The standard InChI is InChI=1S/C21H25N5O2/c1-15(2)17-9-11-18(12-10-17)16(3)22-21(27)13-26-24-20(23-25-26)14-28-19-7-5-4-6-8-19/h4-12,15-16H,13-14H2,1-3H3,(H,22,27)/t16-/m1/s1. The van der Waals surface area contributed by atoms with Gasteiger partial charge < -0.3 is 10.1 Å². The zero-order chi connectivity index (χ0) is 19.9. The first-order valence-electron chi connectivity index (χ1n) is 9.35. The van der Waals surface area contributed by atoms with E-state index >= 15 is 0 Å². The van der Waals surface area contributed by atoms with Gasteiger partial charge in [0.1, 0.15) is 12.3 Å². The third-order valence-electron chi connectivity index (χ3n) is 4.37. The molecule has 1 N–H and O–H groups in total. The maximum absolute atomic E-state index is 12.3. The summed E-state index contributed by atoms with van der Waals surface area (Å²) < 4.78 is 5.58. The fourth-order valence-corrected chi connectivity index (χ4v) is 2.73. The maximum atomic E-state index is 12.3. The Bertz CT molecular complexity index is 891. The van der Waals surface area contributed by atoms with Crippen molar-refractivity contribution in [2.75, 3.05) is 0 Å². The number of tetrazole rings is 1. The summed E-state index contributed by atoms with van der Waals surface area (Å²) in [5.74, 6) is 1.47. The minimum absolute atomic E-state index is 0.00670. The fourth-order valence-electron chi connectivity index (χ4n) is 2.73. The van der Waals surface area contributed by atoms with Crippen LogP contribution in [0.15, 0.2) is 54.6 Å². The van der Waals surface area contributed by atoms with Crippen LogP contribution in [0.25, 0.3) is 0 Å². The molecule has 28 heavy (non-hydrogen) atoms. The smallest absolute Gasteiger partial charge is 0.244 e. The van der Waals surface area contributed by atoms with E-state index in [4.69, 9.17) is 4.74 Å². The first-order valence-corrected chi connectivity index (χ1v) is 9.35. The Morgan fingerprint density at radius 1 is 1.04 bits per heavy atom. The van der Waals surface area contributed by atoms with Gasteiger partial charge in [-0.3, -0.25) is 4.79 Å². The van der Waals surface area contributed by atoms with Crippen LogP contribution in [0.3, 0.4) is 0 Å². The summed E-state index contributed by atoms with van der Waals surface area (Å²) in [5.41, 5.74) is 2.33. The van der Waals surface area contributed by atoms with Crippen molar-refractivity contribution in [1.82, 2.24) is 25.5 Å². The average molecular weight is 379 g/mol. The zero-order valence-corrected chi connectivity index (χ0v) is 16.4. The Morgan fingerprint density at radius 3 is 2.39 bits per heavy atom. The molecule has 1 amide bonds. The van der Waals surface area contributed by atoms with Gasteiger partial charge in [0, 0.05) is 0 Å². The molecule has 1 aromatic heterocycles. The van der Waals surface area contributed by atoms with Gasteiger partial charge in [-0.1, -0.05) is 56.3 Å². The molecule has 0 aliphatic carbocycles. The predicted octanol–water partition coefficient (Wildman–Crippen LogP) is 3.25. The third kappa shape index (κ3) is 5.39. The summed E-state index contributed by atoms with van der Waals surface area (Å²) in [6.45, 7) is 6.47. The summed E-state index contributed by atoms with van der Waals surface area (Å²) in [5, 5.41) is 15.0. The van der Waals surface area contributed by atoms with Crippen molar-refractivity contribution in [2.24, 2.45) is 0 Å². The molecule has 0 aliphatic heterocycles. The van der Waals surface area contributed by atoms with Crippen LogP contribution in [0.5, 0.6) is 5.75 Å². The van der Waals surface area contributed by atoms with E-state index in [9.17, 15) is 4.79 Å². The Morgan fingerprint density at radius 2 is 1.71 bits per heavy atom. The number of carbonyl (C=O) groups is 1. The van der Waals surface area contributed by atoms with E-state index in [1.165, 1.54) is 10.4 Å². The van der Waals surface area contributed by atoms with Crippen LogP contribution in [0.2, 0.25) is 0 Å². The minimum atomic E-state index is -0.173. The van der Waals surface area contributed by atoms with Crippen LogP contribution < -0.4 is 10.1 Å². The quantitative estimate of drug-likeness (QED) is 0.650. The Labute approximate surface area is 164 Å². The van der Waals surface area contributed by atoms with Crippen molar-refractivity contribution in [3.05, 3.63) is 71.5 Å². The molecule has 146 valence electrons. The summed E-state index contributed by atoms with van der Waals surface area (Å²) in [6.07, 6.45) is 0. The lowest BCUT2D eigenvalue weighted by Crippen LogP contribution is -2.30. The van der Waals surface area contributed by atoms with Crippen molar-refractivity contribution in [3.63, 3.8) is 0 Å². The normalized spacial score (nSPS) is 12.0. The van der Waals surface area contributed by atoms with Crippen molar-refractivity contribution >= 4 is 5.91 Å². The molecule has 0 saturated heterocycles. The molecule has 0 spiro atoms. The number of nitrogens with zero attached hydrogens (tertiary/aromatic N) is 4. The fraction of sp³-hybridized carbons (Fsp3) is 0.333. The second kappa shape index (κ2) is 9.12. The SMILES string of the molecule is CC(C)c1ccc([C@@H](C)NC(=O)Cn2nnc(COc3ccccc3)n2)cc1.